The van der Waals surface area contributed by atoms with Crippen molar-refractivity contribution in [2.75, 3.05) is 42.4 Å². The van der Waals surface area contributed by atoms with Gasteiger partial charge in [-0.3, -0.25) is 4.79 Å². The van der Waals surface area contributed by atoms with Crippen LogP contribution in [0.3, 0.4) is 0 Å². The summed E-state index contributed by atoms with van der Waals surface area (Å²) in [7, 11) is -3.05. The van der Waals surface area contributed by atoms with E-state index in [-0.39, 0.29) is 41.8 Å². The molecule has 1 fully saturated rings. The number of para-hydroxylation sites is 2. The average Bonchev–Trinajstić information content (AvgIpc) is 2.92. The van der Waals surface area contributed by atoms with Crippen LogP contribution in [0.5, 0.6) is 5.75 Å². The molecular weight excluding hydrogens is 521 g/mol. The maximum absolute atomic E-state index is 14.8. The molecule has 3 N–H and O–H groups in total. The summed E-state index contributed by atoms with van der Waals surface area (Å²) in [4.78, 5) is 13.4. The highest BCUT2D eigenvalue weighted by Crippen LogP contribution is 2.29. The number of morpholine rings is 1. The van der Waals surface area contributed by atoms with E-state index in [1.165, 1.54) is 18.4 Å². The Morgan fingerprint density at radius 2 is 1.79 bits per heavy atom. The zero-order chi connectivity index (χ0) is 27.7. The Hall–Kier alpha value is -3.47. The predicted octanol–water partition coefficient (Wildman–Crippen LogP) is 3.66. The Morgan fingerprint density at radius 1 is 1.08 bits per heavy atom. The number of carbonyl (C=O) groups is 1. The van der Waals surface area contributed by atoms with E-state index in [2.05, 4.69) is 16.0 Å². The van der Waals surface area contributed by atoms with E-state index >= 15 is 0 Å². The topological polar surface area (TPSA) is 106 Å². The number of sulfone groups is 1. The molecular formula is C29H34FN3O5S. The van der Waals surface area contributed by atoms with Crippen LogP contribution in [0.4, 0.5) is 15.8 Å². The van der Waals surface area contributed by atoms with Gasteiger partial charge in [0.05, 0.1) is 18.0 Å². The lowest BCUT2D eigenvalue weighted by atomic mass is 10.0. The van der Waals surface area contributed by atoms with Gasteiger partial charge in [0.1, 0.15) is 28.6 Å². The number of nitrogens with one attached hydrogen (secondary N) is 3. The Morgan fingerprint density at radius 3 is 2.46 bits per heavy atom. The van der Waals surface area contributed by atoms with Crippen LogP contribution in [0.1, 0.15) is 12.0 Å². The number of halogens is 1. The van der Waals surface area contributed by atoms with Gasteiger partial charge in [-0.1, -0.05) is 54.6 Å². The van der Waals surface area contributed by atoms with Gasteiger partial charge in [0, 0.05) is 31.0 Å². The van der Waals surface area contributed by atoms with Crippen molar-refractivity contribution in [1.29, 1.82) is 0 Å². The molecule has 1 saturated heterocycles. The Balaban J connectivity index is 1.39. The van der Waals surface area contributed by atoms with Crippen molar-refractivity contribution >= 4 is 27.1 Å². The summed E-state index contributed by atoms with van der Waals surface area (Å²) >= 11 is 0. The second-order valence-corrected chi connectivity index (χ2v) is 11.9. The minimum absolute atomic E-state index is 0.0608. The van der Waals surface area contributed by atoms with Gasteiger partial charge in [0.2, 0.25) is 5.91 Å². The van der Waals surface area contributed by atoms with Crippen molar-refractivity contribution in [1.82, 2.24) is 5.32 Å². The first-order chi connectivity index (χ1) is 18.8. The summed E-state index contributed by atoms with van der Waals surface area (Å²) in [5, 5.41) is 9.37. The molecule has 39 heavy (non-hydrogen) atoms. The van der Waals surface area contributed by atoms with Crippen LogP contribution in [0, 0.1) is 5.82 Å². The molecule has 8 nitrogen and oxygen atoms in total. The molecule has 1 amide bonds. The van der Waals surface area contributed by atoms with Crippen molar-refractivity contribution < 1.29 is 27.1 Å². The van der Waals surface area contributed by atoms with Gasteiger partial charge in [-0.15, -0.1) is 0 Å². The molecule has 0 aliphatic carbocycles. The van der Waals surface area contributed by atoms with Crippen LogP contribution in [0.2, 0.25) is 0 Å². The third-order valence-corrected chi connectivity index (χ3v) is 7.33. The monoisotopic (exact) mass is 555 g/mol. The van der Waals surface area contributed by atoms with Gasteiger partial charge in [-0.05, 0) is 36.2 Å². The van der Waals surface area contributed by atoms with Gasteiger partial charge in [-0.2, -0.15) is 0 Å². The number of amides is 1. The highest BCUT2D eigenvalue weighted by molar-refractivity contribution is 7.90. The maximum atomic E-state index is 14.8. The summed E-state index contributed by atoms with van der Waals surface area (Å²) in [5.74, 6) is -0.912. The highest BCUT2D eigenvalue weighted by Gasteiger charge is 2.25. The highest BCUT2D eigenvalue weighted by atomic mass is 32.2. The van der Waals surface area contributed by atoms with Crippen molar-refractivity contribution in [3.8, 4) is 5.75 Å². The van der Waals surface area contributed by atoms with Crippen molar-refractivity contribution in [3.05, 3.63) is 90.2 Å². The van der Waals surface area contributed by atoms with Crippen LogP contribution in [0.15, 0.2) is 78.9 Å². The van der Waals surface area contributed by atoms with Crippen LogP contribution >= 0.6 is 0 Å². The van der Waals surface area contributed by atoms with Gasteiger partial charge in [0.25, 0.3) is 0 Å². The fourth-order valence-electron chi connectivity index (χ4n) is 4.26. The molecule has 0 bridgehead atoms. The molecule has 3 aromatic carbocycles. The van der Waals surface area contributed by atoms with E-state index in [4.69, 9.17) is 9.47 Å². The lowest BCUT2D eigenvalue weighted by Gasteiger charge is -2.30. The van der Waals surface area contributed by atoms with Gasteiger partial charge in [-0.25, -0.2) is 12.8 Å². The number of hydrogen-bond acceptors (Lipinski definition) is 7. The van der Waals surface area contributed by atoms with Crippen molar-refractivity contribution in [2.45, 2.75) is 31.0 Å². The normalized spacial score (nSPS) is 18.2. The maximum Gasteiger partial charge on any atom is 0.247 e. The third kappa shape index (κ3) is 9.05. The summed E-state index contributed by atoms with van der Waals surface area (Å²) in [5.41, 5.74) is 2.00. The van der Waals surface area contributed by atoms with E-state index in [9.17, 15) is 17.6 Å². The minimum atomic E-state index is -3.05. The predicted molar refractivity (Wildman–Crippen MR) is 150 cm³/mol. The number of hydrogen-bond donors (Lipinski definition) is 3. The van der Waals surface area contributed by atoms with Crippen LogP contribution < -0.4 is 20.7 Å². The first kappa shape index (κ1) is 28.5. The standard InChI is InChI=1S/C29H34FN3O5S/c1-39(35,36)16-15-23-19-37-24(18-31-23)20-38-28-25(30)13-8-14-26(28)33-29(34)27(17-21-9-4-2-5-10-21)32-22-11-6-3-7-12-22/h2-14,23-24,27,31-32H,15-20H2,1H3,(H,33,34)/t23-,24+,27+/m1/s1. The summed E-state index contributed by atoms with van der Waals surface area (Å²) in [6, 6.07) is 22.8. The smallest absolute Gasteiger partial charge is 0.247 e. The van der Waals surface area contributed by atoms with Gasteiger partial charge < -0.3 is 25.4 Å². The molecule has 0 spiro atoms. The van der Waals surface area contributed by atoms with E-state index in [1.807, 2.05) is 60.7 Å². The zero-order valence-corrected chi connectivity index (χ0v) is 22.6. The SMILES string of the molecule is CS(=O)(=O)CC[C@@H]1CO[C@H](COc2c(F)cccc2NC(=O)[C@H](Cc2ccccc2)Nc2ccccc2)CN1. The third-order valence-electron chi connectivity index (χ3n) is 6.36. The fraction of sp³-hybridized carbons (Fsp3) is 0.345. The zero-order valence-electron chi connectivity index (χ0n) is 21.8. The molecule has 0 saturated carbocycles. The fourth-order valence-corrected chi connectivity index (χ4v) is 4.97. The summed E-state index contributed by atoms with van der Waals surface area (Å²) < 4.78 is 49.2. The second-order valence-electron chi connectivity index (χ2n) is 9.65. The Labute approximate surface area is 228 Å². The molecule has 4 rings (SSSR count). The first-order valence-corrected chi connectivity index (χ1v) is 14.9. The number of rotatable bonds is 12. The van der Waals surface area contributed by atoms with Crippen molar-refractivity contribution in [2.24, 2.45) is 0 Å². The Kier molecular flexibility index (Phi) is 9.91. The molecule has 0 radical (unpaired) electrons. The number of ether oxygens (including phenoxy) is 2. The second kappa shape index (κ2) is 13.5. The molecule has 10 heteroatoms. The van der Waals surface area contributed by atoms with Crippen LogP contribution in [-0.4, -0.2) is 64.3 Å². The average molecular weight is 556 g/mol. The van der Waals surface area contributed by atoms with E-state index in [0.717, 1.165) is 11.3 Å². The van der Waals surface area contributed by atoms with E-state index < -0.39 is 21.7 Å². The number of anilines is 2. The molecule has 3 atom stereocenters. The molecule has 0 unspecified atom stereocenters. The van der Waals surface area contributed by atoms with E-state index in [1.54, 1.807) is 6.07 Å². The molecule has 1 heterocycles. The molecule has 0 aromatic heterocycles. The summed E-state index contributed by atoms with van der Waals surface area (Å²) in [6.07, 6.45) is 1.74. The molecule has 1 aliphatic heterocycles. The lowest BCUT2D eigenvalue weighted by molar-refractivity contribution is -0.116. The molecule has 3 aromatic rings. The number of benzene rings is 3. The van der Waals surface area contributed by atoms with Crippen molar-refractivity contribution in [3.63, 3.8) is 0 Å². The van der Waals surface area contributed by atoms with Crippen LogP contribution in [0.25, 0.3) is 0 Å². The quantitative estimate of drug-likeness (QED) is 0.313. The van der Waals surface area contributed by atoms with Gasteiger partial charge >= 0.3 is 0 Å². The van der Waals surface area contributed by atoms with E-state index in [0.29, 0.717) is 26.0 Å². The number of carbonyl (C=O) groups excluding carboxylic acids is 1. The largest absolute Gasteiger partial charge is 0.486 e. The molecule has 1 aliphatic rings. The lowest BCUT2D eigenvalue weighted by Crippen LogP contribution is -2.49. The molecule has 208 valence electrons. The summed E-state index contributed by atoms with van der Waals surface area (Å²) in [6.45, 7) is 0.826. The Bertz CT molecular complexity index is 1280. The van der Waals surface area contributed by atoms with Gasteiger partial charge in [0.15, 0.2) is 11.6 Å². The van der Waals surface area contributed by atoms with Crippen LogP contribution in [-0.2, 0) is 25.8 Å². The first-order valence-electron chi connectivity index (χ1n) is 12.9. The minimum Gasteiger partial charge on any atom is -0.486 e.